The molecule has 0 saturated carbocycles. The van der Waals surface area contributed by atoms with E-state index in [1.165, 1.54) is 6.20 Å². The van der Waals surface area contributed by atoms with Crippen LogP contribution in [0.15, 0.2) is 53.5 Å². The summed E-state index contributed by atoms with van der Waals surface area (Å²) in [4.78, 5) is 27.7. The Hall–Kier alpha value is -3.08. The molecule has 27 heavy (non-hydrogen) atoms. The lowest BCUT2D eigenvalue weighted by Gasteiger charge is -2.13. The first kappa shape index (κ1) is 18.7. The van der Waals surface area contributed by atoms with Crippen LogP contribution in [0.5, 0.6) is 5.75 Å². The van der Waals surface area contributed by atoms with Crippen molar-refractivity contribution in [3.05, 3.63) is 75.6 Å². The molecule has 1 heterocycles. The van der Waals surface area contributed by atoms with Crippen LogP contribution >= 0.6 is 0 Å². The van der Waals surface area contributed by atoms with Crippen molar-refractivity contribution in [1.82, 2.24) is 4.98 Å². The molecule has 2 aromatic carbocycles. The van der Waals surface area contributed by atoms with E-state index in [9.17, 15) is 9.59 Å². The SMILES string of the molecule is CCCc1cc2c(=O)c(C(=O)OCC)c[nH]c2cc1OCc1ccccc1. The van der Waals surface area contributed by atoms with Crippen LogP contribution < -0.4 is 10.2 Å². The van der Waals surface area contributed by atoms with Crippen molar-refractivity contribution in [2.75, 3.05) is 6.61 Å². The molecule has 5 heteroatoms. The molecule has 0 saturated heterocycles. The average Bonchev–Trinajstić information content (AvgIpc) is 2.68. The fraction of sp³-hybridized carbons (Fsp3) is 0.273. The Kier molecular flexibility index (Phi) is 5.91. The smallest absolute Gasteiger partial charge is 0.343 e. The lowest BCUT2D eigenvalue weighted by molar-refractivity contribution is 0.0524. The van der Waals surface area contributed by atoms with Crippen molar-refractivity contribution in [1.29, 1.82) is 0 Å². The van der Waals surface area contributed by atoms with E-state index in [0.717, 1.165) is 29.7 Å². The first-order chi connectivity index (χ1) is 13.1. The molecule has 0 spiro atoms. The maximum atomic E-state index is 12.7. The van der Waals surface area contributed by atoms with Crippen molar-refractivity contribution in [2.24, 2.45) is 0 Å². The second-order valence-corrected chi connectivity index (χ2v) is 6.28. The second kappa shape index (κ2) is 8.54. The summed E-state index contributed by atoms with van der Waals surface area (Å²) in [7, 11) is 0. The molecule has 0 aliphatic carbocycles. The van der Waals surface area contributed by atoms with Gasteiger partial charge < -0.3 is 14.5 Å². The first-order valence-electron chi connectivity index (χ1n) is 9.16. The van der Waals surface area contributed by atoms with Gasteiger partial charge >= 0.3 is 5.97 Å². The predicted molar refractivity (Wildman–Crippen MR) is 105 cm³/mol. The van der Waals surface area contributed by atoms with E-state index < -0.39 is 5.97 Å². The van der Waals surface area contributed by atoms with E-state index >= 15 is 0 Å². The van der Waals surface area contributed by atoms with Gasteiger partial charge in [0.15, 0.2) is 0 Å². The Balaban J connectivity index is 1.99. The fourth-order valence-electron chi connectivity index (χ4n) is 2.99. The minimum atomic E-state index is -0.609. The highest BCUT2D eigenvalue weighted by Gasteiger charge is 2.16. The van der Waals surface area contributed by atoms with E-state index in [1.807, 2.05) is 42.5 Å². The van der Waals surface area contributed by atoms with Gasteiger partial charge in [-0.05, 0) is 30.5 Å². The molecular weight excluding hydrogens is 342 g/mol. The van der Waals surface area contributed by atoms with Gasteiger partial charge in [-0.25, -0.2) is 4.79 Å². The number of benzene rings is 2. The summed E-state index contributed by atoms with van der Waals surface area (Å²) < 4.78 is 11.0. The molecule has 0 bridgehead atoms. The van der Waals surface area contributed by atoms with Crippen molar-refractivity contribution < 1.29 is 14.3 Å². The highest BCUT2D eigenvalue weighted by Crippen LogP contribution is 2.26. The molecule has 5 nitrogen and oxygen atoms in total. The minimum Gasteiger partial charge on any atom is -0.489 e. The van der Waals surface area contributed by atoms with Gasteiger partial charge in [0, 0.05) is 17.6 Å². The van der Waals surface area contributed by atoms with Crippen LogP contribution in [0.2, 0.25) is 0 Å². The third-order valence-corrected chi connectivity index (χ3v) is 4.31. The monoisotopic (exact) mass is 365 g/mol. The van der Waals surface area contributed by atoms with Crippen LogP contribution in [0.1, 0.15) is 41.8 Å². The summed E-state index contributed by atoms with van der Waals surface area (Å²) in [6.07, 6.45) is 3.11. The summed E-state index contributed by atoms with van der Waals surface area (Å²) >= 11 is 0. The first-order valence-corrected chi connectivity index (χ1v) is 9.16. The zero-order valence-electron chi connectivity index (χ0n) is 15.6. The molecule has 0 unspecified atom stereocenters. The lowest BCUT2D eigenvalue weighted by Crippen LogP contribution is -2.18. The maximum Gasteiger partial charge on any atom is 0.343 e. The predicted octanol–water partition coefficient (Wildman–Crippen LogP) is 4.24. The van der Waals surface area contributed by atoms with Crippen molar-refractivity contribution in [3.8, 4) is 5.75 Å². The number of aromatic amines is 1. The summed E-state index contributed by atoms with van der Waals surface area (Å²) in [5, 5.41) is 0.469. The van der Waals surface area contributed by atoms with E-state index in [4.69, 9.17) is 9.47 Å². The van der Waals surface area contributed by atoms with Gasteiger partial charge in [-0.15, -0.1) is 0 Å². The van der Waals surface area contributed by atoms with Gasteiger partial charge in [-0.1, -0.05) is 43.7 Å². The number of fused-ring (bicyclic) bond motifs is 1. The Morgan fingerprint density at radius 2 is 1.89 bits per heavy atom. The van der Waals surface area contributed by atoms with E-state index in [0.29, 0.717) is 17.5 Å². The highest BCUT2D eigenvalue weighted by molar-refractivity contribution is 5.94. The van der Waals surface area contributed by atoms with Crippen LogP contribution in [0, 0.1) is 0 Å². The number of aryl methyl sites for hydroxylation is 1. The molecule has 0 aliphatic heterocycles. The van der Waals surface area contributed by atoms with Gasteiger partial charge in [0.2, 0.25) is 5.43 Å². The number of hydrogen-bond acceptors (Lipinski definition) is 4. The van der Waals surface area contributed by atoms with E-state index in [2.05, 4.69) is 11.9 Å². The molecule has 0 aliphatic rings. The van der Waals surface area contributed by atoms with Gasteiger partial charge in [-0.2, -0.15) is 0 Å². The molecule has 0 amide bonds. The van der Waals surface area contributed by atoms with Crippen LogP contribution in [-0.2, 0) is 17.8 Å². The van der Waals surface area contributed by atoms with Crippen LogP contribution in [0.4, 0.5) is 0 Å². The number of esters is 1. The Bertz CT molecular complexity index is 992. The standard InChI is InChI=1S/C22H23NO4/c1-3-8-16-11-17-19(23-13-18(21(17)24)22(25)26-4-2)12-20(16)27-14-15-9-6-5-7-10-15/h5-7,9-13H,3-4,8,14H2,1-2H3,(H,23,24). The van der Waals surface area contributed by atoms with Gasteiger partial charge in [0.25, 0.3) is 0 Å². The molecule has 0 radical (unpaired) electrons. The molecule has 0 atom stereocenters. The summed E-state index contributed by atoms with van der Waals surface area (Å²) in [5.74, 6) is 0.134. The third kappa shape index (κ3) is 4.19. The average molecular weight is 365 g/mol. The Morgan fingerprint density at radius 3 is 2.59 bits per heavy atom. The molecule has 3 aromatic rings. The van der Waals surface area contributed by atoms with E-state index in [-0.39, 0.29) is 17.6 Å². The number of nitrogens with one attached hydrogen (secondary N) is 1. The number of H-pyrrole nitrogens is 1. The number of carbonyl (C=O) groups excluding carboxylic acids is 1. The third-order valence-electron chi connectivity index (χ3n) is 4.31. The molecule has 3 rings (SSSR count). The Labute approximate surface area is 157 Å². The van der Waals surface area contributed by atoms with Gasteiger partial charge in [0.1, 0.15) is 17.9 Å². The number of ether oxygens (including phenoxy) is 2. The zero-order chi connectivity index (χ0) is 19.2. The van der Waals surface area contributed by atoms with E-state index in [1.54, 1.807) is 6.92 Å². The normalized spacial score (nSPS) is 10.7. The lowest BCUT2D eigenvalue weighted by atomic mass is 10.0. The zero-order valence-corrected chi connectivity index (χ0v) is 15.6. The largest absolute Gasteiger partial charge is 0.489 e. The van der Waals surface area contributed by atoms with Crippen molar-refractivity contribution in [3.63, 3.8) is 0 Å². The molecule has 1 N–H and O–H groups in total. The number of carbonyl (C=O) groups is 1. The molecule has 1 aromatic heterocycles. The summed E-state index contributed by atoms with van der Waals surface area (Å²) in [5.41, 5.74) is 2.36. The van der Waals surface area contributed by atoms with Crippen LogP contribution in [0.25, 0.3) is 10.9 Å². The summed E-state index contributed by atoms with van der Waals surface area (Å²) in [6, 6.07) is 13.6. The minimum absolute atomic E-state index is 0.0183. The number of aromatic nitrogens is 1. The Morgan fingerprint density at radius 1 is 1.11 bits per heavy atom. The van der Waals surface area contributed by atoms with Crippen molar-refractivity contribution in [2.45, 2.75) is 33.3 Å². The topological polar surface area (TPSA) is 68.4 Å². The summed E-state index contributed by atoms with van der Waals surface area (Å²) in [6.45, 7) is 4.46. The quantitative estimate of drug-likeness (QED) is 0.636. The number of pyridine rings is 1. The number of rotatable bonds is 7. The second-order valence-electron chi connectivity index (χ2n) is 6.28. The molecule has 140 valence electrons. The number of hydrogen-bond donors (Lipinski definition) is 1. The highest BCUT2D eigenvalue weighted by atomic mass is 16.5. The van der Waals surface area contributed by atoms with Gasteiger partial charge in [0.05, 0.1) is 12.1 Å². The maximum absolute atomic E-state index is 12.7. The van der Waals surface area contributed by atoms with Crippen molar-refractivity contribution >= 4 is 16.9 Å². The molecule has 0 fully saturated rings. The molecular formula is C22H23NO4. The van der Waals surface area contributed by atoms with Crippen LogP contribution in [0.3, 0.4) is 0 Å². The van der Waals surface area contributed by atoms with Crippen LogP contribution in [-0.4, -0.2) is 17.6 Å². The van der Waals surface area contributed by atoms with Gasteiger partial charge in [-0.3, -0.25) is 4.79 Å². The fourth-order valence-corrected chi connectivity index (χ4v) is 2.99.